The van der Waals surface area contributed by atoms with Crippen LogP contribution in [-0.4, -0.2) is 28.4 Å². The fraction of sp³-hybridized carbons (Fsp3) is 0.333. The largest absolute Gasteiger partial charge is 0.456 e. The first-order valence-electron chi connectivity index (χ1n) is 6.62. The van der Waals surface area contributed by atoms with Crippen molar-refractivity contribution in [3.05, 3.63) is 47.0 Å². The van der Waals surface area contributed by atoms with Crippen molar-refractivity contribution in [3.63, 3.8) is 0 Å². The molecule has 0 fully saturated rings. The van der Waals surface area contributed by atoms with Gasteiger partial charge in [0.15, 0.2) is 5.76 Å². The first kappa shape index (κ1) is 15.6. The average molecular weight is 306 g/mol. The van der Waals surface area contributed by atoms with Crippen LogP contribution < -0.4 is 5.32 Å². The van der Waals surface area contributed by atoms with E-state index in [1.807, 2.05) is 25.1 Å². The standard InChI is InChI=1S/C15H18N2O3S/c1-10-7-11(2)20-14(10)15(19)17-13-8-12(3-4-16-13)9-21-6-5-18/h3-4,7-8,18H,5-6,9H2,1-2H3,(H,16,17,19). The number of rotatable bonds is 6. The predicted molar refractivity (Wildman–Crippen MR) is 83.6 cm³/mol. The van der Waals surface area contributed by atoms with Gasteiger partial charge in [-0.15, -0.1) is 0 Å². The zero-order chi connectivity index (χ0) is 15.2. The number of carbonyl (C=O) groups is 1. The van der Waals surface area contributed by atoms with Gasteiger partial charge in [-0.05, 0) is 37.6 Å². The van der Waals surface area contributed by atoms with Crippen LogP contribution >= 0.6 is 11.8 Å². The second-order valence-corrected chi connectivity index (χ2v) is 5.75. The molecule has 0 aromatic carbocycles. The van der Waals surface area contributed by atoms with Crippen LogP contribution in [0.1, 0.15) is 27.4 Å². The van der Waals surface area contributed by atoms with Crippen LogP contribution in [0.5, 0.6) is 0 Å². The number of nitrogens with zero attached hydrogens (tertiary/aromatic N) is 1. The Labute approximate surface area is 127 Å². The van der Waals surface area contributed by atoms with Gasteiger partial charge >= 0.3 is 0 Å². The molecule has 0 aliphatic rings. The minimum absolute atomic E-state index is 0.163. The SMILES string of the molecule is Cc1cc(C)c(C(=O)Nc2cc(CSCCO)ccn2)o1. The highest BCUT2D eigenvalue weighted by atomic mass is 32.2. The van der Waals surface area contributed by atoms with Gasteiger partial charge in [0.1, 0.15) is 11.6 Å². The third kappa shape index (κ3) is 4.34. The Hall–Kier alpha value is -1.79. The Morgan fingerprint density at radius 1 is 1.43 bits per heavy atom. The van der Waals surface area contributed by atoms with Gasteiger partial charge in [0, 0.05) is 23.3 Å². The van der Waals surface area contributed by atoms with Crippen molar-refractivity contribution < 1.29 is 14.3 Å². The van der Waals surface area contributed by atoms with Crippen molar-refractivity contribution in [2.75, 3.05) is 17.7 Å². The van der Waals surface area contributed by atoms with E-state index < -0.39 is 0 Å². The van der Waals surface area contributed by atoms with E-state index in [9.17, 15) is 4.79 Å². The minimum Gasteiger partial charge on any atom is -0.456 e. The number of carbonyl (C=O) groups excluding carboxylic acids is 1. The predicted octanol–water partition coefficient (Wildman–Crippen LogP) is 2.77. The molecule has 0 saturated heterocycles. The summed E-state index contributed by atoms with van der Waals surface area (Å²) in [5.41, 5.74) is 1.85. The number of aliphatic hydroxyl groups excluding tert-OH is 1. The van der Waals surface area contributed by atoms with E-state index in [4.69, 9.17) is 9.52 Å². The number of aromatic nitrogens is 1. The van der Waals surface area contributed by atoms with Crippen LogP contribution in [0.3, 0.4) is 0 Å². The normalized spacial score (nSPS) is 10.6. The van der Waals surface area contributed by atoms with Gasteiger partial charge in [-0.1, -0.05) is 0 Å². The fourth-order valence-electron chi connectivity index (χ4n) is 1.93. The smallest absolute Gasteiger partial charge is 0.292 e. The summed E-state index contributed by atoms with van der Waals surface area (Å²) >= 11 is 1.63. The van der Waals surface area contributed by atoms with E-state index in [1.54, 1.807) is 24.9 Å². The summed E-state index contributed by atoms with van der Waals surface area (Å²) in [6.45, 7) is 3.80. The quantitative estimate of drug-likeness (QED) is 0.803. The van der Waals surface area contributed by atoms with E-state index >= 15 is 0 Å². The van der Waals surface area contributed by atoms with E-state index in [2.05, 4.69) is 10.3 Å². The molecule has 6 heteroatoms. The van der Waals surface area contributed by atoms with Crippen LogP contribution in [0, 0.1) is 13.8 Å². The summed E-state index contributed by atoms with van der Waals surface area (Å²) in [4.78, 5) is 16.3. The molecule has 2 aromatic heterocycles. The lowest BCUT2D eigenvalue weighted by Gasteiger charge is -2.05. The van der Waals surface area contributed by atoms with Gasteiger partial charge in [0.25, 0.3) is 5.91 Å². The molecule has 21 heavy (non-hydrogen) atoms. The van der Waals surface area contributed by atoms with Gasteiger partial charge < -0.3 is 14.8 Å². The average Bonchev–Trinajstić information content (AvgIpc) is 2.78. The third-order valence-electron chi connectivity index (χ3n) is 2.82. The zero-order valence-corrected chi connectivity index (χ0v) is 12.9. The Balaban J connectivity index is 2.04. The lowest BCUT2D eigenvalue weighted by atomic mass is 10.2. The summed E-state index contributed by atoms with van der Waals surface area (Å²) in [5, 5.41) is 11.5. The lowest BCUT2D eigenvalue weighted by Crippen LogP contribution is -2.13. The molecule has 2 rings (SSSR count). The number of anilines is 1. The van der Waals surface area contributed by atoms with E-state index in [1.165, 1.54) is 0 Å². The minimum atomic E-state index is -0.298. The number of pyridine rings is 1. The maximum Gasteiger partial charge on any atom is 0.292 e. The number of furan rings is 1. The molecule has 1 amide bonds. The summed E-state index contributed by atoms with van der Waals surface area (Å²) in [6, 6.07) is 5.54. The van der Waals surface area contributed by atoms with E-state index in [-0.39, 0.29) is 12.5 Å². The van der Waals surface area contributed by atoms with Gasteiger partial charge in [-0.3, -0.25) is 4.79 Å². The lowest BCUT2D eigenvalue weighted by molar-refractivity contribution is 0.0994. The van der Waals surface area contributed by atoms with Crippen molar-refractivity contribution in [1.29, 1.82) is 0 Å². The molecule has 0 atom stereocenters. The summed E-state index contributed by atoms with van der Waals surface area (Å²) in [5.74, 6) is 2.68. The highest BCUT2D eigenvalue weighted by molar-refractivity contribution is 7.98. The highest BCUT2D eigenvalue weighted by Gasteiger charge is 2.15. The van der Waals surface area contributed by atoms with Crippen LogP contribution in [0.15, 0.2) is 28.8 Å². The summed E-state index contributed by atoms with van der Waals surface area (Å²) < 4.78 is 5.39. The van der Waals surface area contributed by atoms with Crippen molar-refractivity contribution in [2.24, 2.45) is 0 Å². The Kier molecular flexibility index (Phi) is 5.41. The molecule has 0 saturated carbocycles. The van der Waals surface area contributed by atoms with Crippen LogP contribution in [0.4, 0.5) is 5.82 Å². The molecule has 112 valence electrons. The molecule has 5 nitrogen and oxygen atoms in total. The molecular formula is C15H18N2O3S. The van der Waals surface area contributed by atoms with Gasteiger partial charge in [0.05, 0.1) is 6.61 Å². The Bertz CT molecular complexity index is 625. The van der Waals surface area contributed by atoms with Gasteiger partial charge in [0.2, 0.25) is 0 Å². The number of aliphatic hydroxyl groups is 1. The summed E-state index contributed by atoms with van der Waals surface area (Å²) in [6.07, 6.45) is 1.66. The van der Waals surface area contributed by atoms with Crippen molar-refractivity contribution in [3.8, 4) is 0 Å². The molecule has 0 bridgehead atoms. The highest BCUT2D eigenvalue weighted by Crippen LogP contribution is 2.17. The summed E-state index contributed by atoms with van der Waals surface area (Å²) in [7, 11) is 0. The molecular weight excluding hydrogens is 288 g/mol. The molecule has 0 spiro atoms. The first-order valence-corrected chi connectivity index (χ1v) is 7.77. The molecule has 0 unspecified atom stereocenters. The maximum absolute atomic E-state index is 12.1. The van der Waals surface area contributed by atoms with Crippen molar-refractivity contribution >= 4 is 23.5 Å². The van der Waals surface area contributed by atoms with Crippen LogP contribution in [0.2, 0.25) is 0 Å². The second-order valence-electron chi connectivity index (χ2n) is 4.65. The van der Waals surface area contributed by atoms with Gasteiger partial charge in [-0.2, -0.15) is 11.8 Å². The van der Waals surface area contributed by atoms with Crippen LogP contribution in [-0.2, 0) is 5.75 Å². The second kappa shape index (κ2) is 7.28. The number of amides is 1. The van der Waals surface area contributed by atoms with Crippen molar-refractivity contribution in [2.45, 2.75) is 19.6 Å². The van der Waals surface area contributed by atoms with E-state index in [0.717, 1.165) is 16.9 Å². The Morgan fingerprint density at radius 2 is 2.24 bits per heavy atom. The number of nitrogens with one attached hydrogen (secondary N) is 1. The fourth-order valence-corrected chi connectivity index (χ4v) is 2.62. The van der Waals surface area contributed by atoms with E-state index in [0.29, 0.717) is 23.1 Å². The van der Waals surface area contributed by atoms with Crippen LogP contribution in [0.25, 0.3) is 0 Å². The third-order valence-corrected chi connectivity index (χ3v) is 3.83. The molecule has 2 N–H and O–H groups in total. The molecule has 0 radical (unpaired) electrons. The number of hydrogen-bond donors (Lipinski definition) is 2. The Morgan fingerprint density at radius 3 is 2.90 bits per heavy atom. The number of thioether (sulfide) groups is 1. The maximum atomic E-state index is 12.1. The number of aryl methyl sites for hydroxylation is 2. The number of hydrogen-bond acceptors (Lipinski definition) is 5. The zero-order valence-electron chi connectivity index (χ0n) is 12.0. The van der Waals surface area contributed by atoms with Gasteiger partial charge in [-0.25, -0.2) is 4.98 Å². The molecule has 0 aliphatic carbocycles. The molecule has 2 heterocycles. The topological polar surface area (TPSA) is 75.4 Å². The molecule has 0 aliphatic heterocycles. The van der Waals surface area contributed by atoms with Crippen molar-refractivity contribution in [1.82, 2.24) is 4.98 Å². The monoisotopic (exact) mass is 306 g/mol. The first-order chi connectivity index (χ1) is 10.1. The molecule has 2 aromatic rings.